The Bertz CT molecular complexity index is 502. The van der Waals surface area contributed by atoms with Crippen LogP contribution >= 0.6 is 22.9 Å². The number of rotatable bonds is 3. The summed E-state index contributed by atoms with van der Waals surface area (Å²) in [6, 6.07) is 6.89. The predicted octanol–water partition coefficient (Wildman–Crippen LogP) is 4.20. The van der Waals surface area contributed by atoms with Gasteiger partial charge in [-0.1, -0.05) is 18.0 Å². The van der Waals surface area contributed by atoms with Crippen molar-refractivity contribution in [3.63, 3.8) is 0 Å². The maximum absolute atomic E-state index is 6.03. The molecule has 0 amide bonds. The van der Waals surface area contributed by atoms with E-state index in [1.165, 1.54) is 34.9 Å². The minimum Gasteiger partial charge on any atom is -0.310 e. The normalized spacial score (nSPS) is 16.6. The molecule has 0 spiro atoms. The van der Waals surface area contributed by atoms with E-state index in [9.17, 15) is 0 Å². The van der Waals surface area contributed by atoms with Gasteiger partial charge in [-0.25, -0.2) is 0 Å². The summed E-state index contributed by atoms with van der Waals surface area (Å²) in [4.78, 5) is 0. The number of hydrogen-bond donors (Lipinski definition) is 1. The van der Waals surface area contributed by atoms with Crippen molar-refractivity contribution in [3.05, 3.63) is 34.2 Å². The van der Waals surface area contributed by atoms with Crippen LogP contribution in [0.15, 0.2) is 23.6 Å². The van der Waals surface area contributed by atoms with Gasteiger partial charge in [0.1, 0.15) is 0 Å². The minimum absolute atomic E-state index is 0.745. The van der Waals surface area contributed by atoms with Gasteiger partial charge in [-0.05, 0) is 47.4 Å². The van der Waals surface area contributed by atoms with Crippen LogP contribution in [0, 0.1) is 0 Å². The maximum Gasteiger partial charge on any atom is 0.0413 e. The van der Waals surface area contributed by atoms with Crippen LogP contribution in [0.3, 0.4) is 0 Å². The fourth-order valence-electron chi connectivity index (χ4n) is 2.06. The molecular weight excluding hydrogens is 238 g/mol. The van der Waals surface area contributed by atoms with Crippen molar-refractivity contribution >= 4 is 33.0 Å². The molecule has 1 aromatic carbocycles. The van der Waals surface area contributed by atoms with Crippen LogP contribution in [-0.4, -0.2) is 6.04 Å². The van der Waals surface area contributed by atoms with E-state index in [0.29, 0.717) is 0 Å². The minimum atomic E-state index is 0.745. The molecule has 3 rings (SSSR count). The van der Waals surface area contributed by atoms with Gasteiger partial charge < -0.3 is 5.32 Å². The third-order valence-electron chi connectivity index (χ3n) is 3.30. The van der Waals surface area contributed by atoms with E-state index in [-0.39, 0.29) is 0 Å². The van der Waals surface area contributed by atoms with Crippen LogP contribution in [0.25, 0.3) is 10.1 Å². The monoisotopic (exact) mass is 251 g/mol. The zero-order valence-corrected chi connectivity index (χ0v) is 10.6. The van der Waals surface area contributed by atoms with E-state index >= 15 is 0 Å². The summed E-state index contributed by atoms with van der Waals surface area (Å²) in [6.07, 6.45) is 4.06. The largest absolute Gasteiger partial charge is 0.310 e. The van der Waals surface area contributed by atoms with Gasteiger partial charge in [0.15, 0.2) is 0 Å². The molecule has 1 fully saturated rings. The molecule has 84 valence electrons. The summed E-state index contributed by atoms with van der Waals surface area (Å²) < 4.78 is 1.33. The number of fused-ring (bicyclic) bond motifs is 1. The predicted molar refractivity (Wildman–Crippen MR) is 71.3 cm³/mol. The summed E-state index contributed by atoms with van der Waals surface area (Å²) in [6.45, 7) is 0.977. The van der Waals surface area contributed by atoms with E-state index in [0.717, 1.165) is 17.6 Å². The van der Waals surface area contributed by atoms with Crippen molar-refractivity contribution < 1.29 is 0 Å². The van der Waals surface area contributed by atoms with Crippen LogP contribution in [0.1, 0.15) is 24.8 Å². The van der Waals surface area contributed by atoms with Gasteiger partial charge in [0, 0.05) is 22.3 Å². The second-order valence-electron chi connectivity index (χ2n) is 4.41. The molecule has 1 aliphatic carbocycles. The SMILES string of the molecule is Clc1ccc2scc(CNC3CCC3)c2c1. The van der Waals surface area contributed by atoms with Crippen molar-refractivity contribution in [2.45, 2.75) is 31.8 Å². The standard InChI is InChI=1S/C13H14ClNS/c14-10-4-5-13-12(6-10)9(8-16-13)7-15-11-2-1-3-11/h4-6,8,11,15H,1-3,7H2. The first kappa shape index (κ1) is 10.6. The lowest BCUT2D eigenvalue weighted by Crippen LogP contribution is -2.34. The number of nitrogens with one attached hydrogen (secondary N) is 1. The molecule has 1 saturated carbocycles. The second-order valence-corrected chi connectivity index (χ2v) is 5.76. The highest BCUT2D eigenvalue weighted by atomic mass is 35.5. The third kappa shape index (κ3) is 1.97. The molecule has 0 bridgehead atoms. The van der Waals surface area contributed by atoms with Gasteiger partial charge in [-0.3, -0.25) is 0 Å². The molecule has 0 unspecified atom stereocenters. The molecule has 1 heterocycles. The molecule has 0 radical (unpaired) electrons. The van der Waals surface area contributed by atoms with Crippen molar-refractivity contribution in [2.24, 2.45) is 0 Å². The Hall–Kier alpha value is -0.570. The van der Waals surface area contributed by atoms with E-state index < -0.39 is 0 Å². The summed E-state index contributed by atoms with van der Waals surface area (Å²) in [5.74, 6) is 0. The lowest BCUT2D eigenvalue weighted by atomic mass is 9.93. The Morgan fingerprint density at radius 1 is 1.38 bits per heavy atom. The lowest BCUT2D eigenvalue weighted by Gasteiger charge is -2.26. The van der Waals surface area contributed by atoms with Crippen molar-refractivity contribution in [3.8, 4) is 0 Å². The average Bonchev–Trinajstić information content (AvgIpc) is 2.59. The first-order valence-corrected chi connectivity index (χ1v) is 6.98. The first-order chi connectivity index (χ1) is 7.83. The van der Waals surface area contributed by atoms with E-state index in [4.69, 9.17) is 11.6 Å². The van der Waals surface area contributed by atoms with Crippen LogP contribution in [0.4, 0.5) is 0 Å². The maximum atomic E-state index is 6.03. The van der Waals surface area contributed by atoms with Crippen LogP contribution < -0.4 is 5.32 Å². The Kier molecular flexibility index (Phi) is 2.88. The van der Waals surface area contributed by atoms with Gasteiger partial charge in [0.25, 0.3) is 0 Å². The molecule has 3 heteroatoms. The van der Waals surface area contributed by atoms with Gasteiger partial charge in [-0.15, -0.1) is 11.3 Å². The fraction of sp³-hybridized carbons (Fsp3) is 0.385. The molecule has 0 saturated heterocycles. The number of benzene rings is 1. The molecule has 16 heavy (non-hydrogen) atoms. The summed E-state index contributed by atoms with van der Waals surface area (Å²) >= 11 is 7.83. The highest BCUT2D eigenvalue weighted by Gasteiger charge is 2.16. The average molecular weight is 252 g/mol. The molecule has 1 aliphatic rings. The Labute approximate surface area is 104 Å². The Morgan fingerprint density at radius 3 is 3.00 bits per heavy atom. The highest BCUT2D eigenvalue weighted by Crippen LogP contribution is 2.29. The molecular formula is C13H14ClNS. The van der Waals surface area contributed by atoms with Crippen LogP contribution in [0.5, 0.6) is 0 Å². The summed E-state index contributed by atoms with van der Waals surface area (Å²) in [7, 11) is 0. The van der Waals surface area contributed by atoms with Crippen molar-refractivity contribution in [2.75, 3.05) is 0 Å². The molecule has 0 aliphatic heterocycles. The Morgan fingerprint density at radius 2 is 2.25 bits per heavy atom. The van der Waals surface area contributed by atoms with Crippen LogP contribution in [0.2, 0.25) is 5.02 Å². The third-order valence-corrected chi connectivity index (χ3v) is 4.55. The van der Waals surface area contributed by atoms with Gasteiger partial charge in [0.05, 0.1) is 0 Å². The zero-order valence-electron chi connectivity index (χ0n) is 9.00. The quantitative estimate of drug-likeness (QED) is 0.862. The second kappa shape index (κ2) is 4.36. The molecule has 2 aromatic rings. The fourth-order valence-corrected chi connectivity index (χ4v) is 3.17. The molecule has 1 aromatic heterocycles. The highest BCUT2D eigenvalue weighted by molar-refractivity contribution is 7.17. The van der Waals surface area contributed by atoms with Crippen LogP contribution in [-0.2, 0) is 6.54 Å². The van der Waals surface area contributed by atoms with E-state index in [2.05, 4.69) is 22.8 Å². The van der Waals surface area contributed by atoms with Gasteiger partial charge in [-0.2, -0.15) is 0 Å². The number of halogens is 1. The smallest absolute Gasteiger partial charge is 0.0413 e. The summed E-state index contributed by atoms with van der Waals surface area (Å²) in [5.41, 5.74) is 1.38. The first-order valence-electron chi connectivity index (χ1n) is 5.72. The number of hydrogen-bond acceptors (Lipinski definition) is 2. The van der Waals surface area contributed by atoms with Gasteiger partial charge >= 0.3 is 0 Å². The van der Waals surface area contributed by atoms with Crippen molar-refractivity contribution in [1.29, 1.82) is 0 Å². The van der Waals surface area contributed by atoms with E-state index in [1.807, 2.05) is 6.07 Å². The number of thiophene rings is 1. The van der Waals surface area contributed by atoms with Gasteiger partial charge in [0.2, 0.25) is 0 Å². The zero-order chi connectivity index (χ0) is 11.0. The lowest BCUT2D eigenvalue weighted by molar-refractivity contribution is 0.339. The summed E-state index contributed by atoms with van der Waals surface area (Å²) in [5, 5.41) is 7.98. The molecule has 0 atom stereocenters. The molecule has 1 nitrogen and oxygen atoms in total. The van der Waals surface area contributed by atoms with E-state index in [1.54, 1.807) is 11.3 Å². The topological polar surface area (TPSA) is 12.0 Å². The molecule has 1 N–H and O–H groups in total. The van der Waals surface area contributed by atoms with Crippen molar-refractivity contribution in [1.82, 2.24) is 5.32 Å². The Balaban J connectivity index is 1.82.